The zero-order valence-corrected chi connectivity index (χ0v) is 13.3. The third-order valence-corrected chi connectivity index (χ3v) is 5.29. The number of methoxy groups -OCH3 is 1. The first-order valence-corrected chi connectivity index (χ1v) is 8.65. The molecule has 0 bridgehead atoms. The number of allylic oxidation sites excluding steroid dienone is 2. The van der Waals surface area contributed by atoms with Gasteiger partial charge in [-0.1, -0.05) is 30.3 Å². The molecular weight excluding hydrogens is 256 g/mol. The van der Waals surface area contributed by atoms with E-state index in [9.17, 15) is 0 Å². The van der Waals surface area contributed by atoms with Crippen LogP contribution in [0, 0.1) is 5.92 Å². The SMILES string of the molecule is COCC1CCC(c2ccc(C3=CCCCC3)cc2)CC1. The Morgan fingerprint density at radius 1 is 1.00 bits per heavy atom. The van der Waals surface area contributed by atoms with Crippen molar-refractivity contribution in [3.05, 3.63) is 41.5 Å². The van der Waals surface area contributed by atoms with E-state index in [2.05, 4.69) is 30.3 Å². The Kier molecular flexibility index (Phi) is 5.13. The van der Waals surface area contributed by atoms with Gasteiger partial charge in [-0.2, -0.15) is 0 Å². The Morgan fingerprint density at radius 2 is 1.76 bits per heavy atom. The Morgan fingerprint density at radius 3 is 2.38 bits per heavy atom. The highest BCUT2D eigenvalue weighted by molar-refractivity contribution is 5.66. The third-order valence-electron chi connectivity index (χ3n) is 5.29. The molecule has 0 spiro atoms. The van der Waals surface area contributed by atoms with E-state index >= 15 is 0 Å². The van der Waals surface area contributed by atoms with Crippen molar-refractivity contribution in [3.63, 3.8) is 0 Å². The highest BCUT2D eigenvalue weighted by Crippen LogP contribution is 2.36. The number of rotatable bonds is 4. The maximum Gasteiger partial charge on any atom is 0.0490 e. The molecule has 0 heterocycles. The van der Waals surface area contributed by atoms with Gasteiger partial charge in [-0.3, -0.25) is 0 Å². The van der Waals surface area contributed by atoms with Crippen LogP contribution < -0.4 is 0 Å². The first kappa shape index (κ1) is 14.8. The van der Waals surface area contributed by atoms with Gasteiger partial charge in [0.1, 0.15) is 0 Å². The van der Waals surface area contributed by atoms with E-state index in [0.717, 1.165) is 18.4 Å². The highest BCUT2D eigenvalue weighted by atomic mass is 16.5. The zero-order valence-electron chi connectivity index (χ0n) is 13.3. The van der Waals surface area contributed by atoms with Crippen LogP contribution in [0.15, 0.2) is 30.3 Å². The lowest BCUT2D eigenvalue weighted by molar-refractivity contribution is 0.127. The second kappa shape index (κ2) is 7.26. The largest absolute Gasteiger partial charge is 0.384 e. The van der Waals surface area contributed by atoms with Crippen LogP contribution in [0.4, 0.5) is 0 Å². The van der Waals surface area contributed by atoms with Gasteiger partial charge in [-0.25, -0.2) is 0 Å². The predicted molar refractivity (Wildman–Crippen MR) is 89.5 cm³/mol. The fourth-order valence-corrected chi connectivity index (χ4v) is 3.97. The standard InChI is InChI=1S/C20H28O/c1-21-15-16-7-9-18(10-8-16)20-13-11-19(12-14-20)17-5-3-2-4-6-17/h5,11-14,16,18H,2-4,6-10,15H2,1H3. The Labute approximate surface area is 129 Å². The molecule has 3 rings (SSSR count). The highest BCUT2D eigenvalue weighted by Gasteiger charge is 2.22. The Bertz CT molecular complexity index is 463. The normalized spacial score (nSPS) is 26.4. The number of ether oxygens (including phenoxy) is 1. The number of benzene rings is 1. The maximum atomic E-state index is 5.30. The lowest BCUT2D eigenvalue weighted by Crippen LogP contribution is -2.17. The molecule has 0 radical (unpaired) electrons. The van der Waals surface area contributed by atoms with Crippen molar-refractivity contribution in [3.8, 4) is 0 Å². The number of hydrogen-bond acceptors (Lipinski definition) is 1. The van der Waals surface area contributed by atoms with Crippen molar-refractivity contribution in [2.75, 3.05) is 13.7 Å². The molecule has 1 fully saturated rings. The molecule has 0 saturated heterocycles. The van der Waals surface area contributed by atoms with Gasteiger partial charge in [0, 0.05) is 13.7 Å². The maximum absolute atomic E-state index is 5.30. The van der Waals surface area contributed by atoms with Crippen molar-refractivity contribution >= 4 is 5.57 Å². The van der Waals surface area contributed by atoms with Crippen LogP contribution in [0.5, 0.6) is 0 Å². The summed E-state index contributed by atoms with van der Waals surface area (Å²) in [5.41, 5.74) is 4.56. The lowest BCUT2D eigenvalue weighted by Gasteiger charge is -2.28. The van der Waals surface area contributed by atoms with Gasteiger partial charge in [-0.05, 0) is 79.9 Å². The first-order chi connectivity index (χ1) is 10.4. The molecule has 0 unspecified atom stereocenters. The molecule has 0 N–H and O–H groups in total. The van der Waals surface area contributed by atoms with Crippen molar-refractivity contribution in [1.82, 2.24) is 0 Å². The summed E-state index contributed by atoms with van der Waals surface area (Å²) in [7, 11) is 1.82. The monoisotopic (exact) mass is 284 g/mol. The van der Waals surface area contributed by atoms with E-state index in [1.807, 2.05) is 7.11 Å². The smallest absolute Gasteiger partial charge is 0.0490 e. The van der Waals surface area contributed by atoms with Crippen LogP contribution in [-0.4, -0.2) is 13.7 Å². The van der Waals surface area contributed by atoms with Gasteiger partial charge in [0.25, 0.3) is 0 Å². The Hall–Kier alpha value is -1.08. The van der Waals surface area contributed by atoms with Crippen LogP contribution >= 0.6 is 0 Å². The van der Waals surface area contributed by atoms with E-state index in [1.54, 1.807) is 11.1 Å². The van der Waals surface area contributed by atoms with E-state index < -0.39 is 0 Å². The van der Waals surface area contributed by atoms with Gasteiger partial charge in [0.05, 0.1) is 0 Å². The molecule has 0 aromatic heterocycles. The summed E-state index contributed by atoms with van der Waals surface area (Å²) in [4.78, 5) is 0. The van der Waals surface area contributed by atoms with Crippen molar-refractivity contribution < 1.29 is 4.74 Å². The zero-order chi connectivity index (χ0) is 14.5. The summed E-state index contributed by atoms with van der Waals surface area (Å²) in [6, 6.07) is 9.47. The van der Waals surface area contributed by atoms with E-state index in [1.165, 1.54) is 56.9 Å². The molecule has 1 aromatic carbocycles. The van der Waals surface area contributed by atoms with Gasteiger partial charge in [0.15, 0.2) is 0 Å². The average Bonchev–Trinajstić information content (AvgIpc) is 2.57. The Balaban J connectivity index is 1.61. The van der Waals surface area contributed by atoms with E-state index in [0.29, 0.717) is 0 Å². The topological polar surface area (TPSA) is 9.23 Å². The first-order valence-electron chi connectivity index (χ1n) is 8.65. The fourth-order valence-electron chi connectivity index (χ4n) is 3.97. The fraction of sp³-hybridized carbons (Fsp3) is 0.600. The summed E-state index contributed by atoms with van der Waals surface area (Å²) in [6.45, 7) is 0.944. The van der Waals surface area contributed by atoms with Crippen LogP contribution in [0.25, 0.3) is 5.57 Å². The summed E-state index contributed by atoms with van der Waals surface area (Å²) < 4.78 is 5.30. The summed E-state index contributed by atoms with van der Waals surface area (Å²) in [6.07, 6.45) is 13.0. The minimum absolute atomic E-state index is 0.771. The second-order valence-corrected chi connectivity index (χ2v) is 6.77. The van der Waals surface area contributed by atoms with Gasteiger partial charge < -0.3 is 4.74 Å². The molecule has 114 valence electrons. The molecule has 0 amide bonds. The van der Waals surface area contributed by atoms with Crippen LogP contribution in [0.2, 0.25) is 0 Å². The molecule has 1 saturated carbocycles. The van der Waals surface area contributed by atoms with Gasteiger partial charge >= 0.3 is 0 Å². The minimum Gasteiger partial charge on any atom is -0.384 e. The predicted octanol–water partition coefficient (Wildman–Crippen LogP) is 5.56. The summed E-state index contributed by atoms with van der Waals surface area (Å²) in [5, 5.41) is 0. The summed E-state index contributed by atoms with van der Waals surface area (Å²) >= 11 is 0. The molecule has 21 heavy (non-hydrogen) atoms. The van der Waals surface area contributed by atoms with Crippen LogP contribution in [0.3, 0.4) is 0 Å². The minimum atomic E-state index is 0.771. The van der Waals surface area contributed by atoms with E-state index in [-0.39, 0.29) is 0 Å². The van der Waals surface area contributed by atoms with Crippen molar-refractivity contribution in [2.45, 2.75) is 57.3 Å². The molecule has 2 aliphatic rings. The summed E-state index contributed by atoms with van der Waals surface area (Å²) in [5.74, 6) is 1.56. The van der Waals surface area contributed by atoms with Crippen molar-refractivity contribution in [2.24, 2.45) is 5.92 Å². The molecule has 1 aromatic rings. The van der Waals surface area contributed by atoms with Crippen molar-refractivity contribution in [1.29, 1.82) is 0 Å². The molecule has 1 heteroatoms. The quantitative estimate of drug-likeness (QED) is 0.703. The molecule has 1 nitrogen and oxygen atoms in total. The second-order valence-electron chi connectivity index (χ2n) is 6.77. The molecule has 0 atom stereocenters. The van der Waals surface area contributed by atoms with Crippen LogP contribution in [0.1, 0.15) is 68.4 Å². The van der Waals surface area contributed by atoms with Gasteiger partial charge in [-0.15, -0.1) is 0 Å². The molecule has 2 aliphatic carbocycles. The van der Waals surface area contributed by atoms with Crippen LogP contribution in [-0.2, 0) is 4.74 Å². The van der Waals surface area contributed by atoms with E-state index in [4.69, 9.17) is 4.74 Å². The molecule has 0 aliphatic heterocycles. The number of hydrogen-bond donors (Lipinski definition) is 0. The third kappa shape index (κ3) is 3.77. The average molecular weight is 284 g/mol. The lowest BCUT2D eigenvalue weighted by atomic mass is 9.78. The molecular formula is C20H28O. The van der Waals surface area contributed by atoms with Gasteiger partial charge in [0.2, 0.25) is 0 Å².